The third kappa shape index (κ3) is 4.17. The number of rotatable bonds is 6. The zero-order valence-electron chi connectivity index (χ0n) is 18.5. The van der Waals surface area contributed by atoms with E-state index in [0.29, 0.717) is 12.3 Å². The number of hydrogen-bond acceptors (Lipinski definition) is 4. The fourth-order valence-corrected chi connectivity index (χ4v) is 4.36. The van der Waals surface area contributed by atoms with E-state index in [1.54, 1.807) is 0 Å². The van der Waals surface area contributed by atoms with Crippen LogP contribution in [0.25, 0.3) is 11.0 Å². The summed E-state index contributed by atoms with van der Waals surface area (Å²) < 4.78 is 11.9. The summed E-state index contributed by atoms with van der Waals surface area (Å²) >= 11 is 0. The van der Waals surface area contributed by atoms with Crippen LogP contribution in [0.3, 0.4) is 0 Å². The van der Waals surface area contributed by atoms with Crippen LogP contribution in [-0.4, -0.2) is 30.4 Å². The number of carbonyl (C=O) groups is 1. The van der Waals surface area contributed by atoms with E-state index in [9.17, 15) is 4.79 Å². The molecule has 2 aromatic heterocycles. The minimum atomic E-state index is -0.166. The van der Waals surface area contributed by atoms with E-state index in [1.165, 1.54) is 18.4 Å². The Kier molecular flexibility index (Phi) is 6.00. The molecule has 1 amide bonds. The molecular weight excluding hydrogens is 376 g/mol. The Bertz CT molecular complexity index is 1020. The van der Waals surface area contributed by atoms with E-state index >= 15 is 0 Å². The minimum Gasteiger partial charge on any atom is -0.465 e. The molecule has 0 spiro atoms. The number of aryl methyl sites for hydroxylation is 3. The van der Waals surface area contributed by atoms with Crippen molar-refractivity contribution >= 4 is 16.9 Å². The Hall–Kier alpha value is -2.53. The predicted molar refractivity (Wildman–Crippen MR) is 119 cm³/mol. The molecule has 0 radical (unpaired) electrons. The van der Waals surface area contributed by atoms with Crippen molar-refractivity contribution in [2.45, 2.75) is 53.0 Å². The molecule has 5 heteroatoms. The highest BCUT2D eigenvalue weighted by Gasteiger charge is 2.28. The van der Waals surface area contributed by atoms with E-state index < -0.39 is 0 Å². The van der Waals surface area contributed by atoms with Gasteiger partial charge in [-0.15, -0.1) is 0 Å². The summed E-state index contributed by atoms with van der Waals surface area (Å²) in [6.45, 7) is 10.9. The number of nitrogens with zero attached hydrogens (tertiary/aromatic N) is 1. The minimum absolute atomic E-state index is 0.0338. The van der Waals surface area contributed by atoms with E-state index in [1.807, 2.05) is 32.0 Å². The number of fused-ring (bicyclic) bond motifs is 1. The lowest BCUT2D eigenvalue weighted by molar-refractivity contribution is 0.0871. The summed E-state index contributed by atoms with van der Waals surface area (Å²) in [7, 11) is 0. The molecule has 1 aliphatic heterocycles. The molecule has 3 aromatic rings. The van der Waals surface area contributed by atoms with Crippen LogP contribution in [0, 0.1) is 19.8 Å². The van der Waals surface area contributed by atoms with Crippen LogP contribution in [0.2, 0.25) is 0 Å². The zero-order chi connectivity index (χ0) is 21.3. The summed E-state index contributed by atoms with van der Waals surface area (Å²) in [5.74, 6) is 2.80. The first-order valence-electron chi connectivity index (χ1n) is 11.1. The molecule has 160 valence electrons. The molecule has 1 aromatic carbocycles. The smallest absolute Gasteiger partial charge is 0.287 e. The van der Waals surface area contributed by atoms with Gasteiger partial charge in [0.1, 0.15) is 17.1 Å². The maximum Gasteiger partial charge on any atom is 0.287 e. The van der Waals surface area contributed by atoms with E-state index in [2.05, 4.69) is 36.2 Å². The predicted octanol–water partition coefficient (Wildman–Crippen LogP) is 5.41. The molecule has 30 heavy (non-hydrogen) atoms. The molecule has 3 heterocycles. The molecule has 0 saturated carbocycles. The van der Waals surface area contributed by atoms with Crippen LogP contribution < -0.4 is 5.32 Å². The van der Waals surface area contributed by atoms with Crippen LogP contribution >= 0.6 is 0 Å². The highest BCUT2D eigenvalue weighted by Crippen LogP contribution is 2.29. The lowest BCUT2D eigenvalue weighted by Crippen LogP contribution is -2.41. The number of piperidine rings is 1. The van der Waals surface area contributed by atoms with Gasteiger partial charge in [0.15, 0.2) is 5.76 Å². The third-order valence-electron chi connectivity index (χ3n) is 6.42. The van der Waals surface area contributed by atoms with Gasteiger partial charge in [-0.25, -0.2) is 0 Å². The Morgan fingerprint density at radius 2 is 1.93 bits per heavy atom. The molecule has 0 aliphatic carbocycles. The fraction of sp³-hybridized carbons (Fsp3) is 0.480. The average Bonchev–Trinajstić information content (AvgIpc) is 3.32. The number of hydrogen-bond donors (Lipinski definition) is 1. The normalized spacial score (nSPS) is 16.8. The van der Waals surface area contributed by atoms with E-state index in [4.69, 9.17) is 8.83 Å². The lowest BCUT2D eigenvalue weighted by Gasteiger charge is -2.35. The Morgan fingerprint density at radius 3 is 2.60 bits per heavy atom. The second-order valence-corrected chi connectivity index (χ2v) is 8.63. The van der Waals surface area contributed by atoms with Gasteiger partial charge in [-0.2, -0.15) is 0 Å². The first kappa shape index (κ1) is 20.7. The zero-order valence-corrected chi connectivity index (χ0v) is 18.5. The van der Waals surface area contributed by atoms with Crippen molar-refractivity contribution in [3.8, 4) is 0 Å². The van der Waals surface area contributed by atoms with Crippen molar-refractivity contribution in [2.24, 2.45) is 5.92 Å². The van der Waals surface area contributed by atoms with Crippen LogP contribution in [-0.2, 0) is 6.42 Å². The number of amides is 1. The summed E-state index contributed by atoms with van der Waals surface area (Å²) in [5, 5.41) is 4.13. The van der Waals surface area contributed by atoms with Crippen LogP contribution in [0.15, 0.2) is 39.2 Å². The van der Waals surface area contributed by atoms with Crippen molar-refractivity contribution in [1.29, 1.82) is 0 Å². The molecule has 1 atom stereocenters. The topological polar surface area (TPSA) is 58.6 Å². The van der Waals surface area contributed by atoms with Gasteiger partial charge < -0.3 is 14.2 Å². The van der Waals surface area contributed by atoms with Crippen LogP contribution in [0.4, 0.5) is 0 Å². The molecular formula is C25H32N2O3. The monoisotopic (exact) mass is 408 g/mol. The Balaban J connectivity index is 1.52. The van der Waals surface area contributed by atoms with Gasteiger partial charge in [-0.1, -0.05) is 19.9 Å². The second kappa shape index (κ2) is 8.68. The summed E-state index contributed by atoms with van der Waals surface area (Å²) in [6, 6.07) is 10.2. The van der Waals surface area contributed by atoms with Crippen molar-refractivity contribution in [1.82, 2.24) is 10.2 Å². The highest BCUT2D eigenvalue weighted by molar-refractivity contribution is 5.99. The quantitative estimate of drug-likeness (QED) is 0.593. The number of nitrogens with one attached hydrogen (secondary N) is 1. The standard InChI is InChI=1S/C25H32N2O3/c1-5-19-7-9-22-20(14-19)18(4)24(30-22)25(28)26-15-21(23-8-6-17(3)29-23)27-12-10-16(2)11-13-27/h6-9,14,16,21H,5,10-13,15H2,1-4H3,(H,26,28). The van der Waals surface area contributed by atoms with E-state index in [0.717, 1.165) is 53.5 Å². The second-order valence-electron chi connectivity index (χ2n) is 8.63. The molecule has 1 unspecified atom stereocenters. The number of carbonyl (C=O) groups excluding carboxylic acids is 1. The van der Waals surface area contributed by atoms with Crippen LogP contribution in [0.1, 0.15) is 65.9 Å². The van der Waals surface area contributed by atoms with Crippen molar-refractivity contribution in [3.63, 3.8) is 0 Å². The molecule has 5 nitrogen and oxygen atoms in total. The van der Waals surface area contributed by atoms with Gasteiger partial charge in [0, 0.05) is 17.5 Å². The summed E-state index contributed by atoms with van der Waals surface area (Å²) in [4.78, 5) is 15.4. The number of furan rings is 2. The first-order chi connectivity index (χ1) is 14.5. The number of likely N-dealkylation sites (tertiary alicyclic amines) is 1. The van der Waals surface area contributed by atoms with Crippen molar-refractivity contribution in [3.05, 3.63) is 58.7 Å². The van der Waals surface area contributed by atoms with Gasteiger partial charge >= 0.3 is 0 Å². The maximum absolute atomic E-state index is 13.0. The van der Waals surface area contributed by atoms with Gasteiger partial charge in [0.25, 0.3) is 5.91 Å². The van der Waals surface area contributed by atoms with Crippen LogP contribution in [0.5, 0.6) is 0 Å². The molecule has 1 N–H and O–H groups in total. The molecule has 1 fully saturated rings. The van der Waals surface area contributed by atoms with E-state index in [-0.39, 0.29) is 11.9 Å². The maximum atomic E-state index is 13.0. The third-order valence-corrected chi connectivity index (χ3v) is 6.42. The SMILES string of the molecule is CCc1ccc2oc(C(=O)NCC(c3ccc(C)o3)N3CCC(C)CC3)c(C)c2c1. The highest BCUT2D eigenvalue weighted by atomic mass is 16.3. The van der Waals surface area contributed by atoms with Gasteiger partial charge in [0.05, 0.1) is 6.04 Å². The Labute approximate surface area is 178 Å². The first-order valence-corrected chi connectivity index (χ1v) is 11.1. The van der Waals surface area contributed by atoms with Gasteiger partial charge in [-0.3, -0.25) is 9.69 Å². The van der Waals surface area contributed by atoms with Crippen molar-refractivity contribution < 1.29 is 13.6 Å². The number of benzene rings is 1. The van der Waals surface area contributed by atoms with Gasteiger partial charge in [-0.05, 0) is 81.9 Å². The fourth-order valence-electron chi connectivity index (χ4n) is 4.36. The molecule has 1 aliphatic rings. The molecule has 4 rings (SSSR count). The molecule has 1 saturated heterocycles. The van der Waals surface area contributed by atoms with Crippen molar-refractivity contribution in [2.75, 3.05) is 19.6 Å². The Morgan fingerprint density at radius 1 is 1.17 bits per heavy atom. The van der Waals surface area contributed by atoms with Gasteiger partial charge in [0.2, 0.25) is 0 Å². The average molecular weight is 409 g/mol. The largest absolute Gasteiger partial charge is 0.465 e. The summed E-state index contributed by atoms with van der Waals surface area (Å²) in [6.07, 6.45) is 3.31. The lowest BCUT2D eigenvalue weighted by atomic mass is 9.97. The summed E-state index contributed by atoms with van der Waals surface area (Å²) in [5.41, 5.74) is 2.90. The molecule has 0 bridgehead atoms.